The summed E-state index contributed by atoms with van der Waals surface area (Å²) in [6, 6.07) is 40.3. The van der Waals surface area contributed by atoms with Crippen molar-refractivity contribution in [3.05, 3.63) is 121 Å². The van der Waals surface area contributed by atoms with Gasteiger partial charge in [0, 0.05) is 11.1 Å². The highest BCUT2D eigenvalue weighted by atomic mass is 15.1. The van der Waals surface area contributed by atoms with E-state index in [1.54, 1.807) is 0 Å². The van der Waals surface area contributed by atoms with Crippen molar-refractivity contribution in [1.29, 1.82) is 0 Å². The van der Waals surface area contributed by atoms with Gasteiger partial charge in [0.2, 0.25) is 0 Å². The van der Waals surface area contributed by atoms with Crippen LogP contribution in [0.1, 0.15) is 5.56 Å². The molecule has 2 aromatic heterocycles. The van der Waals surface area contributed by atoms with Gasteiger partial charge in [0.1, 0.15) is 5.69 Å². The van der Waals surface area contributed by atoms with Crippen molar-refractivity contribution in [3.63, 3.8) is 0 Å². The van der Waals surface area contributed by atoms with Crippen molar-refractivity contribution in [2.45, 2.75) is 6.54 Å². The molecule has 0 radical (unpaired) electrons. The third-order valence-corrected chi connectivity index (χ3v) is 6.63. The van der Waals surface area contributed by atoms with E-state index in [0.29, 0.717) is 0 Å². The SMILES string of the molecule is c1ccc(-c2cc(-c3ccccc3)nc(-c3nc4cccc5c4n3Cc3ccccc3-5)c2)cc1. The predicted molar refractivity (Wildman–Crippen MR) is 138 cm³/mol. The second-order valence-corrected chi connectivity index (χ2v) is 8.71. The van der Waals surface area contributed by atoms with E-state index in [-0.39, 0.29) is 0 Å². The number of fused-ring (bicyclic) bond motifs is 2. The molecule has 0 atom stereocenters. The van der Waals surface area contributed by atoms with Gasteiger partial charge in [0.05, 0.1) is 23.3 Å². The molecular weight excluding hydrogens is 414 g/mol. The molecule has 0 aliphatic carbocycles. The topological polar surface area (TPSA) is 30.7 Å². The molecule has 1 aliphatic heterocycles. The second-order valence-electron chi connectivity index (χ2n) is 8.71. The quantitative estimate of drug-likeness (QED) is 0.288. The van der Waals surface area contributed by atoms with Crippen molar-refractivity contribution in [2.75, 3.05) is 0 Å². The van der Waals surface area contributed by atoms with Crippen LogP contribution in [0.5, 0.6) is 0 Å². The Labute approximate surface area is 198 Å². The van der Waals surface area contributed by atoms with Crippen LogP contribution in [0.2, 0.25) is 0 Å². The number of imidazole rings is 1. The Kier molecular flexibility index (Phi) is 4.21. The summed E-state index contributed by atoms with van der Waals surface area (Å²) >= 11 is 0. The van der Waals surface area contributed by atoms with Gasteiger partial charge in [-0.05, 0) is 40.5 Å². The fourth-order valence-electron chi connectivity index (χ4n) is 5.04. The number of hydrogen-bond acceptors (Lipinski definition) is 2. The lowest BCUT2D eigenvalue weighted by atomic mass is 9.95. The third-order valence-electron chi connectivity index (χ3n) is 6.63. The minimum Gasteiger partial charge on any atom is -0.318 e. The van der Waals surface area contributed by atoms with Crippen LogP contribution in [0.3, 0.4) is 0 Å². The summed E-state index contributed by atoms with van der Waals surface area (Å²) in [5, 5.41) is 0. The summed E-state index contributed by atoms with van der Waals surface area (Å²) in [7, 11) is 0. The van der Waals surface area contributed by atoms with Crippen LogP contribution in [0.25, 0.3) is 56.1 Å². The van der Waals surface area contributed by atoms with Crippen LogP contribution < -0.4 is 0 Å². The van der Waals surface area contributed by atoms with E-state index in [1.807, 2.05) is 12.1 Å². The summed E-state index contributed by atoms with van der Waals surface area (Å²) in [5.41, 5.74) is 11.3. The van der Waals surface area contributed by atoms with Crippen LogP contribution in [-0.2, 0) is 6.54 Å². The van der Waals surface area contributed by atoms with E-state index in [9.17, 15) is 0 Å². The normalized spacial score (nSPS) is 12.0. The average Bonchev–Trinajstić information content (AvgIpc) is 3.29. The van der Waals surface area contributed by atoms with Crippen LogP contribution in [0, 0.1) is 0 Å². The zero-order valence-electron chi connectivity index (χ0n) is 18.5. The number of nitrogens with zero attached hydrogens (tertiary/aromatic N) is 3. The molecule has 4 aromatic carbocycles. The second kappa shape index (κ2) is 7.53. The van der Waals surface area contributed by atoms with Gasteiger partial charge in [-0.1, -0.05) is 97.1 Å². The zero-order chi connectivity index (χ0) is 22.5. The van der Waals surface area contributed by atoms with Crippen LogP contribution in [-0.4, -0.2) is 14.5 Å². The summed E-state index contributed by atoms with van der Waals surface area (Å²) in [5.74, 6) is 0.909. The standard InChI is InChI=1S/C31H21N3/c1-3-10-21(11-4-1)24-18-28(22-12-5-2-6-13-22)32-29(19-24)31-33-27-17-9-16-26-25-15-8-7-14-23(25)20-34(31)30(26)27/h1-19H,20H2. The van der Waals surface area contributed by atoms with Gasteiger partial charge >= 0.3 is 0 Å². The fraction of sp³-hybridized carbons (Fsp3) is 0.0323. The van der Waals surface area contributed by atoms with Crippen molar-refractivity contribution in [3.8, 4) is 45.0 Å². The first-order chi connectivity index (χ1) is 16.8. The lowest BCUT2D eigenvalue weighted by Gasteiger charge is -2.20. The van der Waals surface area contributed by atoms with Gasteiger partial charge < -0.3 is 4.57 Å². The number of pyridine rings is 1. The van der Waals surface area contributed by atoms with Crippen LogP contribution in [0.4, 0.5) is 0 Å². The maximum Gasteiger partial charge on any atom is 0.160 e. The van der Waals surface area contributed by atoms with E-state index in [2.05, 4.69) is 108 Å². The first kappa shape index (κ1) is 19.0. The minimum absolute atomic E-state index is 0.789. The largest absolute Gasteiger partial charge is 0.318 e. The Morgan fingerprint density at radius 3 is 2.03 bits per heavy atom. The lowest BCUT2D eigenvalue weighted by molar-refractivity contribution is 0.824. The summed E-state index contributed by atoms with van der Waals surface area (Å²) in [4.78, 5) is 10.2. The van der Waals surface area contributed by atoms with E-state index < -0.39 is 0 Å². The van der Waals surface area contributed by atoms with E-state index in [0.717, 1.165) is 40.4 Å². The summed E-state index contributed by atoms with van der Waals surface area (Å²) in [6.07, 6.45) is 0. The number of aromatic nitrogens is 3. The zero-order valence-corrected chi connectivity index (χ0v) is 18.5. The molecule has 3 heteroatoms. The molecule has 6 aromatic rings. The van der Waals surface area contributed by atoms with Gasteiger partial charge in [0.25, 0.3) is 0 Å². The first-order valence-corrected chi connectivity index (χ1v) is 11.6. The highest BCUT2D eigenvalue weighted by Crippen LogP contribution is 2.39. The molecule has 0 bridgehead atoms. The molecule has 34 heavy (non-hydrogen) atoms. The highest BCUT2D eigenvalue weighted by molar-refractivity contribution is 5.97. The molecule has 0 N–H and O–H groups in total. The van der Waals surface area contributed by atoms with Crippen molar-refractivity contribution in [2.24, 2.45) is 0 Å². The van der Waals surface area contributed by atoms with Crippen molar-refractivity contribution >= 4 is 11.0 Å². The van der Waals surface area contributed by atoms with Crippen molar-refractivity contribution < 1.29 is 0 Å². The highest BCUT2D eigenvalue weighted by Gasteiger charge is 2.23. The molecule has 0 saturated heterocycles. The lowest BCUT2D eigenvalue weighted by Crippen LogP contribution is -2.09. The molecule has 3 heterocycles. The molecule has 0 saturated carbocycles. The summed E-state index contributed by atoms with van der Waals surface area (Å²) < 4.78 is 2.33. The molecule has 0 unspecified atom stereocenters. The predicted octanol–water partition coefficient (Wildman–Crippen LogP) is 7.46. The van der Waals surface area contributed by atoms with Crippen LogP contribution in [0.15, 0.2) is 115 Å². The van der Waals surface area contributed by atoms with Gasteiger partial charge in [-0.25, -0.2) is 9.97 Å². The first-order valence-electron chi connectivity index (χ1n) is 11.6. The summed E-state index contributed by atoms with van der Waals surface area (Å²) in [6.45, 7) is 0.789. The smallest absolute Gasteiger partial charge is 0.160 e. The Hall–Kier alpha value is -4.50. The van der Waals surface area contributed by atoms with Gasteiger partial charge in [0.15, 0.2) is 5.82 Å². The van der Waals surface area contributed by atoms with Crippen LogP contribution >= 0.6 is 0 Å². The Balaban J connectivity index is 1.50. The number of rotatable bonds is 3. The average molecular weight is 436 g/mol. The van der Waals surface area contributed by atoms with Gasteiger partial charge in [-0.2, -0.15) is 0 Å². The monoisotopic (exact) mass is 435 g/mol. The van der Waals surface area contributed by atoms with E-state index in [4.69, 9.17) is 9.97 Å². The molecule has 160 valence electrons. The van der Waals surface area contributed by atoms with E-state index >= 15 is 0 Å². The van der Waals surface area contributed by atoms with Gasteiger partial charge in [-0.3, -0.25) is 0 Å². The maximum absolute atomic E-state index is 5.13. The molecule has 7 rings (SSSR count). The molecule has 0 amide bonds. The molecule has 0 fully saturated rings. The molecule has 3 nitrogen and oxygen atoms in total. The van der Waals surface area contributed by atoms with Gasteiger partial charge in [-0.15, -0.1) is 0 Å². The molecular formula is C31H21N3. The number of para-hydroxylation sites is 1. The Morgan fingerprint density at radius 2 is 1.21 bits per heavy atom. The number of hydrogen-bond donors (Lipinski definition) is 0. The molecule has 0 spiro atoms. The fourth-order valence-corrected chi connectivity index (χ4v) is 5.04. The van der Waals surface area contributed by atoms with E-state index in [1.165, 1.54) is 27.8 Å². The molecule has 1 aliphatic rings. The Bertz CT molecular complexity index is 1610. The minimum atomic E-state index is 0.789. The number of benzene rings is 4. The third kappa shape index (κ3) is 2.98. The maximum atomic E-state index is 5.13. The Morgan fingerprint density at radius 1 is 0.529 bits per heavy atom. The van der Waals surface area contributed by atoms with Crippen molar-refractivity contribution in [1.82, 2.24) is 14.5 Å².